The van der Waals surface area contributed by atoms with E-state index < -0.39 is 0 Å². The maximum absolute atomic E-state index is 11.8. The van der Waals surface area contributed by atoms with E-state index in [-0.39, 0.29) is 11.8 Å². The van der Waals surface area contributed by atoms with E-state index in [0.29, 0.717) is 6.54 Å². The number of carbonyl (C=O) groups excluding carboxylic acids is 1. The molecule has 1 aromatic heterocycles. The molecule has 3 aromatic rings. The van der Waals surface area contributed by atoms with E-state index in [1.54, 1.807) is 0 Å². The fourth-order valence-corrected chi connectivity index (χ4v) is 3.54. The van der Waals surface area contributed by atoms with E-state index >= 15 is 0 Å². The second-order valence-corrected chi connectivity index (χ2v) is 7.46. The predicted molar refractivity (Wildman–Crippen MR) is 102 cm³/mol. The number of nitrogens with one attached hydrogen (secondary N) is 1. The Kier molecular flexibility index (Phi) is 4.57. The summed E-state index contributed by atoms with van der Waals surface area (Å²) in [4.78, 5) is 16.6. The third-order valence-electron chi connectivity index (χ3n) is 4.56. The summed E-state index contributed by atoms with van der Waals surface area (Å²) >= 11 is 3.54. The second kappa shape index (κ2) is 7.00. The Hall–Kier alpha value is -2.14. The van der Waals surface area contributed by atoms with Gasteiger partial charge in [0.2, 0.25) is 5.91 Å². The van der Waals surface area contributed by atoms with Crippen molar-refractivity contribution in [3.8, 4) is 0 Å². The first-order valence-electron chi connectivity index (χ1n) is 8.67. The van der Waals surface area contributed by atoms with Crippen molar-refractivity contribution in [2.45, 2.75) is 25.8 Å². The van der Waals surface area contributed by atoms with Crippen LogP contribution < -0.4 is 5.32 Å². The lowest BCUT2D eigenvalue weighted by atomic mass is 10.2. The van der Waals surface area contributed by atoms with Crippen molar-refractivity contribution in [3.05, 3.63) is 64.4 Å². The van der Waals surface area contributed by atoms with Crippen LogP contribution in [0.3, 0.4) is 0 Å². The number of carbonyl (C=O) groups is 1. The molecular weight excluding hydrogens is 378 g/mol. The fourth-order valence-electron chi connectivity index (χ4n) is 3.10. The summed E-state index contributed by atoms with van der Waals surface area (Å²) in [6.07, 6.45) is 2.81. The SMILES string of the molecule is O=C(NCCc1nc2ccccc2n1Cc1cccc(Br)c1)C1CC1. The molecule has 4 nitrogen and oxygen atoms in total. The van der Waals surface area contributed by atoms with Crippen LogP contribution in [0.4, 0.5) is 0 Å². The molecule has 1 amide bonds. The summed E-state index contributed by atoms with van der Waals surface area (Å²) in [5.74, 6) is 1.45. The number of rotatable bonds is 6. The quantitative estimate of drug-likeness (QED) is 0.684. The number of nitrogens with zero attached hydrogens (tertiary/aromatic N) is 2. The van der Waals surface area contributed by atoms with Crippen LogP contribution in [0.15, 0.2) is 53.0 Å². The van der Waals surface area contributed by atoms with Crippen molar-refractivity contribution in [2.24, 2.45) is 5.92 Å². The normalized spacial score (nSPS) is 14.0. The number of aromatic nitrogens is 2. The maximum atomic E-state index is 11.8. The number of hydrogen-bond acceptors (Lipinski definition) is 2. The first-order chi connectivity index (χ1) is 12.2. The van der Waals surface area contributed by atoms with Crippen LogP contribution in [-0.4, -0.2) is 22.0 Å². The van der Waals surface area contributed by atoms with Crippen molar-refractivity contribution in [1.29, 1.82) is 0 Å². The van der Waals surface area contributed by atoms with Crippen molar-refractivity contribution >= 4 is 32.9 Å². The van der Waals surface area contributed by atoms with Gasteiger partial charge in [0.25, 0.3) is 0 Å². The zero-order valence-electron chi connectivity index (χ0n) is 13.9. The summed E-state index contributed by atoms with van der Waals surface area (Å²) in [5, 5.41) is 3.04. The van der Waals surface area contributed by atoms with Crippen LogP contribution >= 0.6 is 15.9 Å². The van der Waals surface area contributed by atoms with Crippen molar-refractivity contribution in [2.75, 3.05) is 6.54 Å². The lowest BCUT2D eigenvalue weighted by Crippen LogP contribution is -2.27. The van der Waals surface area contributed by atoms with Gasteiger partial charge in [-0.2, -0.15) is 0 Å². The Balaban J connectivity index is 1.57. The molecule has 4 rings (SSSR count). The zero-order chi connectivity index (χ0) is 17.2. The summed E-state index contributed by atoms with van der Waals surface area (Å²) in [6, 6.07) is 16.5. The van der Waals surface area contributed by atoms with Gasteiger partial charge in [-0.3, -0.25) is 4.79 Å². The average Bonchev–Trinajstić information content (AvgIpc) is 3.40. The molecule has 0 saturated heterocycles. The van der Waals surface area contributed by atoms with Crippen LogP contribution in [-0.2, 0) is 17.8 Å². The first kappa shape index (κ1) is 16.3. The Morgan fingerprint density at radius 2 is 2.04 bits per heavy atom. The van der Waals surface area contributed by atoms with Gasteiger partial charge in [0.15, 0.2) is 0 Å². The molecular formula is C20H20BrN3O. The number of imidazole rings is 1. The van der Waals surface area contributed by atoms with Crippen molar-refractivity contribution in [1.82, 2.24) is 14.9 Å². The summed E-state index contributed by atoms with van der Waals surface area (Å²) in [7, 11) is 0. The van der Waals surface area contributed by atoms with Crippen molar-refractivity contribution < 1.29 is 4.79 Å². The number of halogens is 1. The van der Waals surface area contributed by atoms with E-state index in [1.165, 1.54) is 5.56 Å². The van der Waals surface area contributed by atoms with Gasteiger partial charge >= 0.3 is 0 Å². The first-order valence-corrected chi connectivity index (χ1v) is 9.46. The fraction of sp³-hybridized carbons (Fsp3) is 0.300. The Morgan fingerprint density at radius 1 is 1.20 bits per heavy atom. The minimum Gasteiger partial charge on any atom is -0.355 e. The van der Waals surface area contributed by atoms with Gasteiger partial charge in [0.1, 0.15) is 5.82 Å². The molecule has 0 atom stereocenters. The topological polar surface area (TPSA) is 46.9 Å². The highest BCUT2D eigenvalue weighted by molar-refractivity contribution is 9.10. The minimum absolute atomic E-state index is 0.189. The lowest BCUT2D eigenvalue weighted by molar-refractivity contribution is -0.122. The summed E-state index contributed by atoms with van der Waals surface area (Å²) < 4.78 is 3.33. The number of amides is 1. The third-order valence-corrected chi connectivity index (χ3v) is 5.05. The standard InChI is InChI=1S/C20H20BrN3O/c21-16-5-3-4-14(12-16)13-24-18-7-2-1-6-17(18)23-19(24)10-11-22-20(25)15-8-9-15/h1-7,12,15H,8-11,13H2,(H,22,25). The molecule has 25 heavy (non-hydrogen) atoms. The third kappa shape index (κ3) is 3.76. The average molecular weight is 398 g/mol. The molecule has 2 aromatic carbocycles. The molecule has 0 radical (unpaired) electrons. The lowest BCUT2D eigenvalue weighted by Gasteiger charge is -2.10. The molecule has 1 N–H and O–H groups in total. The Labute approximate surface area is 155 Å². The molecule has 0 bridgehead atoms. The number of para-hydroxylation sites is 2. The van der Waals surface area contributed by atoms with Crippen LogP contribution in [0.2, 0.25) is 0 Å². The molecule has 0 spiro atoms. The number of benzene rings is 2. The van der Waals surface area contributed by atoms with Crippen molar-refractivity contribution in [3.63, 3.8) is 0 Å². The largest absolute Gasteiger partial charge is 0.355 e. The molecule has 1 heterocycles. The molecule has 5 heteroatoms. The highest BCUT2D eigenvalue weighted by Crippen LogP contribution is 2.28. The van der Waals surface area contributed by atoms with Gasteiger partial charge < -0.3 is 9.88 Å². The molecule has 1 saturated carbocycles. The van der Waals surface area contributed by atoms with Crippen LogP contribution in [0.25, 0.3) is 11.0 Å². The van der Waals surface area contributed by atoms with E-state index in [4.69, 9.17) is 4.98 Å². The van der Waals surface area contributed by atoms with Gasteiger partial charge in [-0.05, 0) is 42.7 Å². The van der Waals surface area contributed by atoms with Gasteiger partial charge in [-0.25, -0.2) is 4.98 Å². The van der Waals surface area contributed by atoms with E-state index in [2.05, 4.69) is 44.0 Å². The molecule has 1 fully saturated rings. The van der Waals surface area contributed by atoms with E-state index in [0.717, 1.165) is 47.1 Å². The molecule has 1 aliphatic rings. The van der Waals surface area contributed by atoms with Crippen LogP contribution in [0.5, 0.6) is 0 Å². The van der Waals surface area contributed by atoms with Crippen LogP contribution in [0.1, 0.15) is 24.2 Å². The monoisotopic (exact) mass is 397 g/mol. The molecule has 0 aliphatic heterocycles. The van der Waals surface area contributed by atoms with Gasteiger partial charge in [-0.15, -0.1) is 0 Å². The van der Waals surface area contributed by atoms with Gasteiger partial charge in [0, 0.05) is 29.9 Å². The second-order valence-electron chi connectivity index (χ2n) is 6.55. The number of hydrogen-bond donors (Lipinski definition) is 1. The zero-order valence-corrected chi connectivity index (χ0v) is 15.5. The van der Waals surface area contributed by atoms with E-state index in [1.807, 2.05) is 30.3 Å². The summed E-state index contributed by atoms with van der Waals surface area (Å²) in [6.45, 7) is 1.41. The molecule has 128 valence electrons. The van der Waals surface area contributed by atoms with Crippen LogP contribution in [0, 0.1) is 5.92 Å². The highest BCUT2D eigenvalue weighted by Gasteiger charge is 2.29. The Bertz CT molecular complexity index is 914. The van der Waals surface area contributed by atoms with Gasteiger partial charge in [0.05, 0.1) is 11.0 Å². The Morgan fingerprint density at radius 3 is 2.84 bits per heavy atom. The molecule has 1 aliphatic carbocycles. The predicted octanol–water partition coefficient (Wildman–Crippen LogP) is 3.92. The highest BCUT2D eigenvalue weighted by atomic mass is 79.9. The minimum atomic E-state index is 0.189. The van der Waals surface area contributed by atoms with E-state index in [9.17, 15) is 4.79 Å². The maximum Gasteiger partial charge on any atom is 0.223 e. The molecule has 0 unspecified atom stereocenters. The smallest absolute Gasteiger partial charge is 0.223 e. The number of fused-ring (bicyclic) bond motifs is 1. The van der Waals surface area contributed by atoms with Gasteiger partial charge in [-0.1, -0.05) is 40.2 Å². The summed E-state index contributed by atoms with van der Waals surface area (Å²) in [5.41, 5.74) is 3.35.